The normalized spacial score (nSPS) is 15.5. The molecule has 0 aromatic carbocycles. The standard InChI is InChI=1S/C10H9N3O2/c14-8-5-11-4-3-7(8)10-12-9(13-15-10)6-1-2-6/h3-6,14H,1-2H2. The van der Waals surface area contributed by atoms with Gasteiger partial charge in [-0.15, -0.1) is 0 Å². The lowest BCUT2D eigenvalue weighted by Gasteiger charge is -1.95. The first-order chi connectivity index (χ1) is 7.34. The Morgan fingerprint density at radius 2 is 2.27 bits per heavy atom. The van der Waals surface area contributed by atoms with Crippen LogP contribution in [0, 0.1) is 0 Å². The molecule has 5 nitrogen and oxygen atoms in total. The van der Waals surface area contributed by atoms with Gasteiger partial charge in [-0.1, -0.05) is 5.16 Å². The topological polar surface area (TPSA) is 72.0 Å². The zero-order valence-electron chi connectivity index (χ0n) is 7.92. The fourth-order valence-electron chi connectivity index (χ4n) is 1.42. The quantitative estimate of drug-likeness (QED) is 0.804. The molecule has 1 N–H and O–H groups in total. The van der Waals surface area contributed by atoms with E-state index in [0.29, 0.717) is 17.4 Å². The van der Waals surface area contributed by atoms with Crippen molar-refractivity contribution in [3.63, 3.8) is 0 Å². The maximum absolute atomic E-state index is 9.54. The second-order valence-corrected chi connectivity index (χ2v) is 3.62. The Labute approximate surface area is 85.8 Å². The Bertz CT molecular complexity index is 491. The highest BCUT2D eigenvalue weighted by molar-refractivity contribution is 5.60. The number of hydrogen-bond acceptors (Lipinski definition) is 5. The second-order valence-electron chi connectivity index (χ2n) is 3.62. The molecular formula is C10H9N3O2. The van der Waals surface area contributed by atoms with E-state index in [1.165, 1.54) is 6.20 Å². The molecule has 2 aromatic rings. The SMILES string of the molecule is Oc1cnccc1-c1nc(C2CC2)no1. The zero-order chi connectivity index (χ0) is 10.3. The molecule has 0 atom stereocenters. The highest BCUT2D eigenvalue weighted by atomic mass is 16.5. The van der Waals surface area contributed by atoms with E-state index >= 15 is 0 Å². The molecule has 1 fully saturated rings. The van der Waals surface area contributed by atoms with E-state index < -0.39 is 0 Å². The average molecular weight is 203 g/mol. The summed E-state index contributed by atoms with van der Waals surface area (Å²) >= 11 is 0. The molecule has 0 radical (unpaired) electrons. The van der Waals surface area contributed by atoms with E-state index in [1.54, 1.807) is 12.3 Å². The summed E-state index contributed by atoms with van der Waals surface area (Å²) in [6.45, 7) is 0. The first kappa shape index (κ1) is 8.40. The van der Waals surface area contributed by atoms with Crippen LogP contribution in [-0.2, 0) is 0 Å². The van der Waals surface area contributed by atoms with Gasteiger partial charge < -0.3 is 9.63 Å². The highest BCUT2D eigenvalue weighted by Gasteiger charge is 2.29. The van der Waals surface area contributed by atoms with Gasteiger partial charge in [-0.25, -0.2) is 0 Å². The van der Waals surface area contributed by atoms with Crippen LogP contribution in [0.1, 0.15) is 24.6 Å². The van der Waals surface area contributed by atoms with Gasteiger partial charge in [0.05, 0.1) is 11.8 Å². The molecular weight excluding hydrogens is 194 g/mol. The number of aromatic hydroxyl groups is 1. The van der Waals surface area contributed by atoms with E-state index in [-0.39, 0.29) is 5.75 Å². The van der Waals surface area contributed by atoms with Crippen molar-refractivity contribution >= 4 is 0 Å². The lowest BCUT2D eigenvalue weighted by Crippen LogP contribution is -1.83. The van der Waals surface area contributed by atoms with Gasteiger partial charge in [0.2, 0.25) is 0 Å². The maximum Gasteiger partial charge on any atom is 0.261 e. The minimum atomic E-state index is 0.0588. The first-order valence-electron chi connectivity index (χ1n) is 4.81. The van der Waals surface area contributed by atoms with Crippen LogP contribution >= 0.6 is 0 Å². The molecule has 2 aromatic heterocycles. The van der Waals surface area contributed by atoms with Gasteiger partial charge in [-0.3, -0.25) is 4.98 Å². The van der Waals surface area contributed by atoms with Crippen molar-refractivity contribution in [3.05, 3.63) is 24.3 Å². The van der Waals surface area contributed by atoms with Gasteiger partial charge in [-0.2, -0.15) is 4.98 Å². The van der Waals surface area contributed by atoms with Crippen LogP contribution in [-0.4, -0.2) is 20.2 Å². The summed E-state index contributed by atoms with van der Waals surface area (Å²) in [5.74, 6) is 1.60. The van der Waals surface area contributed by atoms with Gasteiger partial charge in [-0.05, 0) is 18.9 Å². The fraction of sp³-hybridized carbons (Fsp3) is 0.300. The molecule has 76 valence electrons. The van der Waals surface area contributed by atoms with Crippen molar-refractivity contribution < 1.29 is 9.63 Å². The monoisotopic (exact) mass is 203 g/mol. The second kappa shape index (κ2) is 3.05. The Morgan fingerprint density at radius 3 is 3.00 bits per heavy atom. The van der Waals surface area contributed by atoms with Gasteiger partial charge in [0.25, 0.3) is 5.89 Å². The number of nitrogens with zero attached hydrogens (tertiary/aromatic N) is 3. The predicted octanol–water partition coefficient (Wildman–Crippen LogP) is 1.71. The van der Waals surface area contributed by atoms with E-state index in [2.05, 4.69) is 15.1 Å². The molecule has 2 heterocycles. The van der Waals surface area contributed by atoms with Crippen LogP contribution in [0.4, 0.5) is 0 Å². The molecule has 3 rings (SSSR count). The van der Waals surface area contributed by atoms with Gasteiger partial charge in [0, 0.05) is 12.1 Å². The first-order valence-corrected chi connectivity index (χ1v) is 4.81. The fourth-order valence-corrected chi connectivity index (χ4v) is 1.42. The van der Waals surface area contributed by atoms with Crippen LogP contribution in [0.3, 0.4) is 0 Å². The molecule has 5 heteroatoms. The molecule has 15 heavy (non-hydrogen) atoms. The molecule has 0 aliphatic heterocycles. The minimum absolute atomic E-state index is 0.0588. The van der Waals surface area contributed by atoms with E-state index in [1.807, 2.05) is 0 Å². The largest absolute Gasteiger partial charge is 0.505 e. The average Bonchev–Trinajstić information content (AvgIpc) is 2.99. The molecule has 0 unspecified atom stereocenters. The Kier molecular flexibility index (Phi) is 1.71. The lowest BCUT2D eigenvalue weighted by atomic mass is 10.2. The van der Waals surface area contributed by atoms with Crippen LogP contribution in [0.2, 0.25) is 0 Å². The molecule has 0 spiro atoms. The molecule has 0 bridgehead atoms. The molecule has 1 aliphatic carbocycles. The Hall–Kier alpha value is -1.91. The number of rotatable bonds is 2. The number of aromatic nitrogens is 3. The highest BCUT2D eigenvalue weighted by Crippen LogP contribution is 2.39. The lowest BCUT2D eigenvalue weighted by molar-refractivity contribution is 0.417. The summed E-state index contributed by atoms with van der Waals surface area (Å²) in [6, 6.07) is 1.65. The number of pyridine rings is 1. The molecule has 1 aliphatic rings. The Morgan fingerprint density at radius 1 is 1.40 bits per heavy atom. The summed E-state index contributed by atoms with van der Waals surface area (Å²) in [4.78, 5) is 8.02. The van der Waals surface area contributed by atoms with Crippen LogP contribution < -0.4 is 0 Å². The molecule has 0 amide bonds. The van der Waals surface area contributed by atoms with Crippen molar-refractivity contribution in [2.45, 2.75) is 18.8 Å². The number of hydrogen-bond donors (Lipinski definition) is 1. The van der Waals surface area contributed by atoms with E-state index in [0.717, 1.165) is 18.7 Å². The third kappa shape index (κ3) is 1.45. The van der Waals surface area contributed by atoms with Gasteiger partial charge >= 0.3 is 0 Å². The van der Waals surface area contributed by atoms with Crippen LogP contribution in [0.25, 0.3) is 11.5 Å². The van der Waals surface area contributed by atoms with Crippen molar-refractivity contribution in [1.82, 2.24) is 15.1 Å². The van der Waals surface area contributed by atoms with E-state index in [4.69, 9.17) is 4.52 Å². The Balaban J connectivity index is 2.01. The summed E-state index contributed by atoms with van der Waals surface area (Å²) < 4.78 is 5.08. The molecule has 0 saturated heterocycles. The van der Waals surface area contributed by atoms with Crippen LogP contribution in [0.15, 0.2) is 23.0 Å². The van der Waals surface area contributed by atoms with Crippen LogP contribution in [0.5, 0.6) is 5.75 Å². The third-order valence-corrected chi connectivity index (χ3v) is 2.41. The van der Waals surface area contributed by atoms with Gasteiger partial charge in [0.1, 0.15) is 5.75 Å². The minimum Gasteiger partial charge on any atom is -0.505 e. The zero-order valence-corrected chi connectivity index (χ0v) is 7.92. The maximum atomic E-state index is 9.54. The summed E-state index contributed by atoms with van der Waals surface area (Å²) in [5, 5.41) is 13.4. The molecule has 1 saturated carbocycles. The summed E-state index contributed by atoms with van der Waals surface area (Å²) in [5.41, 5.74) is 0.532. The third-order valence-electron chi connectivity index (χ3n) is 2.41. The van der Waals surface area contributed by atoms with E-state index in [9.17, 15) is 5.11 Å². The predicted molar refractivity (Wildman–Crippen MR) is 51.2 cm³/mol. The van der Waals surface area contributed by atoms with Gasteiger partial charge in [0.15, 0.2) is 5.82 Å². The summed E-state index contributed by atoms with van der Waals surface area (Å²) in [6.07, 6.45) is 5.19. The smallest absolute Gasteiger partial charge is 0.261 e. The summed E-state index contributed by atoms with van der Waals surface area (Å²) in [7, 11) is 0. The van der Waals surface area contributed by atoms with Crippen molar-refractivity contribution in [1.29, 1.82) is 0 Å². The van der Waals surface area contributed by atoms with Crippen molar-refractivity contribution in [2.75, 3.05) is 0 Å². The van der Waals surface area contributed by atoms with Crippen molar-refractivity contribution in [2.24, 2.45) is 0 Å². The van der Waals surface area contributed by atoms with Crippen molar-refractivity contribution in [3.8, 4) is 17.2 Å².